The van der Waals surface area contributed by atoms with Gasteiger partial charge >= 0.3 is 0 Å². The van der Waals surface area contributed by atoms with E-state index in [9.17, 15) is 14.4 Å². The van der Waals surface area contributed by atoms with Gasteiger partial charge in [0, 0.05) is 30.9 Å². The summed E-state index contributed by atoms with van der Waals surface area (Å²) in [5, 5.41) is 2.74. The number of amides is 2. The number of ether oxygens (including phenoxy) is 1. The van der Waals surface area contributed by atoms with Gasteiger partial charge in [0.15, 0.2) is 0 Å². The number of carbonyl (C=O) groups excluding carboxylic acids is 2. The first-order chi connectivity index (χ1) is 12.5. The van der Waals surface area contributed by atoms with Crippen molar-refractivity contribution in [3.8, 4) is 5.88 Å². The van der Waals surface area contributed by atoms with Crippen molar-refractivity contribution in [3.63, 3.8) is 0 Å². The Kier molecular flexibility index (Phi) is 5.01. The third kappa shape index (κ3) is 3.44. The van der Waals surface area contributed by atoms with Crippen LogP contribution in [0.25, 0.3) is 0 Å². The van der Waals surface area contributed by atoms with Crippen molar-refractivity contribution in [2.45, 2.75) is 26.6 Å². The molecule has 1 aliphatic heterocycles. The second-order valence-corrected chi connectivity index (χ2v) is 5.91. The van der Waals surface area contributed by atoms with E-state index in [1.807, 2.05) is 6.92 Å². The quantitative estimate of drug-likeness (QED) is 0.816. The van der Waals surface area contributed by atoms with E-state index < -0.39 is 0 Å². The van der Waals surface area contributed by atoms with Gasteiger partial charge in [0.05, 0.1) is 24.9 Å². The summed E-state index contributed by atoms with van der Waals surface area (Å²) in [6.45, 7) is 3.06. The highest BCUT2D eigenvalue weighted by Crippen LogP contribution is 2.26. The Morgan fingerprint density at radius 1 is 1.35 bits per heavy atom. The van der Waals surface area contributed by atoms with E-state index in [1.54, 1.807) is 29.3 Å². The van der Waals surface area contributed by atoms with Crippen molar-refractivity contribution in [2.75, 3.05) is 13.7 Å². The summed E-state index contributed by atoms with van der Waals surface area (Å²) in [6, 6.07) is 6.42. The number of pyridine rings is 2. The van der Waals surface area contributed by atoms with Gasteiger partial charge in [-0.1, -0.05) is 6.07 Å². The van der Waals surface area contributed by atoms with Crippen LogP contribution in [0, 0.1) is 0 Å². The van der Waals surface area contributed by atoms with Crippen LogP contribution in [0.2, 0.25) is 0 Å². The van der Waals surface area contributed by atoms with Crippen LogP contribution in [0.5, 0.6) is 5.88 Å². The Morgan fingerprint density at radius 3 is 2.85 bits per heavy atom. The number of hydrogen-bond donors (Lipinski definition) is 1. The maximum absolute atomic E-state index is 12.3. The molecule has 26 heavy (non-hydrogen) atoms. The number of nitrogens with one attached hydrogen (secondary N) is 1. The number of rotatable bonds is 6. The van der Waals surface area contributed by atoms with Crippen molar-refractivity contribution < 1.29 is 14.3 Å². The number of methoxy groups -OCH3 is 1. The van der Waals surface area contributed by atoms with Crippen LogP contribution < -0.4 is 15.6 Å². The van der Waals surface area contributed by atoms with Gasteiger partial charge in [-0.25, -0.2) is 4.98 Å². The summed E-state index contributed by atoms with van der Waals surface area (Å²) in [5.41, 5.74) is 1.59. The molecule has 0 aromatic carbocycles. The third-order valence-corrected chi connectivity index (χ3v) is 4.26. The van der Waals surface area contributed by atoms with Crippen molar-refractivity contribution in [3.05, 3.63) is 57.6 Å². The molecule has 0 atom stereocenters. The maximum atomic E-state index is 12.3. The summed E-state index contributed by atoms with van der Waals surface area (Å²) in [4.78, 5) is 42.2. The molecule has 0 aliphatic carbocycles. The van der Waals surface area contributed by atoms with Crippen molar-refractivity contribution >= 4 is 11.8 Å². The summed E-state index contributed by atoms with van der Waals surface area (Å²) < 4.78 is 6.61. The van der Waals surface area contributed by atoms with E-state index in [0.29, 0.717) is 35.8 Å². The van der Waals surface area contributed by atoms with Crippen molar-refractivity contribution in [1.82, 2.24) is 19.8 Å². The third-order valence-electron chi connectivity index (χ3n) is 4.26. The first-order valence-corrected chi connectivity index (χ1v) is 8.31. The summed E-state index contributed by atoms with van der Waals surface area (Å²) >= 11 is 0. The van der Waals surface area contributed by atoms with Crippen LogP contribution in [0.1, 0.15) is 28.5 Å². The normalized spacial score (nSPS) is 12.8. The monoisotopic (exact) mass is 356 g/mol. The molecule has 0 saturated heterocycles. The van der Waals surface area contributed by atoms with E-state index in [1.165, 1.54) is 17.7 Å². The molecule has 0 unspecified atom stereocenters. The predicted octanol–water partition coefficient (Wildman–Crippen LogP) is 0.544. The second kappa shape index (κ2) is 7.38. The first-order valence-electron chi connectivity index (χ1n) is 8.31. The highest BCUT2D eigenvalue weighted by Gasteiger charge is 2.29. The number of fused-ring (bicyclic) bond motifs is 1. The van der Waals surface area contributed by atoms with E-state index in [2.05, 4.69) is 10.3 Å². The Labute approximate surface area is 150 Å². The molecule has 8 nitrogen and oxygen atoms in total. The molecule has 0 spiro atoms. The molecule has 1 N–H and O–H groups in total. The number of hydrogen-bond acceptors (Lipinski definition) is 5. The summed E-state index contributed by atoms with van der Waals surface area (Å²) in [6.07, 6.45) is 1.55. The molecule has 2 aromatic rings. The molecular formula is C18H20N4O4. The lowest BCUT2D eigenvalue weighted by Gasteiger charge is -2.11. The van der Waals surface area contributed by atoms with Crippen molar-refractivity contribution in [2.24, 2.45) is 0 Å². The van der Waals surface area contributed by atoms with Gasteiger partial charge in [-0.2, -0.15) is 0 Å². The van der Waals surface area contributed by atoms with Gasteiger partial charge in [0.25, 0.3) is 11.5 Å². The zero-order chi connectivity index (χ0) is 18.7. The van der Waals surface area contributed by atoms with E-state index in [4.69, 9.17) is 4.74 Å². The lowest BCUT2D eigenvalue weighted by molar-refractivity contribution is -0.121. The Hall–Kier alpha value is -3.16. The number of nitrogens with zero attached hydrogens (tertiary/aromatic N) is 3. The topological polar surface area (TPSA) is 93.5 Å². The minimum absolute atomic E-state index is 0.0685. The fraction of sp³-hybridized carbons (Fsp3) is 0.333. The second-order valence-electron chi connectivity index (χ2n) is 5.91. The highest BCUT2D eigenvalue weighted by atomic mass is 16.5. The molecule has 2 aromatic heterocycles. The van der Waals surface area contributed by atoms with Gasteiger partial charge in [-0.05, 0) is 19.1 Å². The van der Waals surface area contributed by atoms with E-state index in [0.717, 1.165) is 0 Å². The maximum Gasteiger partial charge on any atom is 0.256 e. The summed E-state index contributed by atoms with van der Waals surface area (Å²) in [5.74, 6) is -0.00453. The molecule has 3 heterocycles. The number of carbonyl (C=O) groups is 2. The Morgan fingerprint density at radius 2 is 2.15 bits per heavy atom. The predicted molar refractivity (Wildman–Crippen MR) is 93.8 cm³/mol. The molecule has 0 fully saturated rings. The SMILES string of the molecule is CCN1Cc2nc(OC)c(CNC(=O)Cn3ccccc3=O)cc2C1=O. The molecule has 0 saturated carbocycles. The lowest BCUT2D eigenvalue weighted by atomic mass is 10.1. The smallest absolute Gasteiger partial charge is 0.256 e. The highest BCUT2D eigenvalue weighted by molar-refractivity contribution is 5.98. The molecular weight excluding hydrogens is 336 g/mol. The van der Waals surface area contributed by atoms with Crippen LogP contribution in [0.4, 0.5) is 0 Å². The summed E-state index contributed by atoms with van der Waals surface area (Å²) in [7, 11) is 1.50. The minimum Gasteiger partial charge on any atom is -0.481 e. The molecule has 136 valence electrons. The van der Waals surface area contributed by atoms with Crippen LogP contribution >= 0.6 is 0 Å². The zero-order valence-corrected chi connectivity index (χ0v) is 14.7. The molecule has 8 heteroatoms. The van der Waals surface area contributed by atoms with Gasteiger partial charge < -0.3 is 19.5 Å². The van der Waals surface area contributed by atoms with Crippen LogP contribution in [0.15, 0.2) is 35.3 Å². The fourth-order valence-corrected chi connectivity index (χ4v) is 2.86. The van der Waals surface area contributed by atoms with Gasteiger partial charge in [-0.3, -0.25) is 14.4 Å². The molecule has 0 radical (unpaired) electrons. The minimum atomic E-state index is -0.317. The van der Waals surface area contributed by atoms with Crippen LogP contribution in [0.3, 0.4) is 0 Å². The Balaban J connectivity index is 1.73. The average Bonchev–Trinajstić information content (AvgIpc) is 2.96. The molecule has 1 aliphatic rings. The van der Waals surface area contributed by atoms with Crippen LogP contribution in [-0.2, 0) is 24.4 Å². The Bertz CT molecular complexity index is 906. The average molecular weight is 356 g/mol. The lowest BCUT2D eigenvalue weighted by Crippen LogP contribution is -2.31. The molecule has 0 bridgehead atoms. The first kappa shape index (κ1) is 17.7. The van der Waals surface area contributed by atoms with Crippen molar-refractivity contribution in [1.29, 1.82) is 0 Å². The number of aromatic nitrogens is 2. The largest absolute Gasteiger partial charge is 0.481 e. The zero-order valence-electron chi connectivity index (χ0n) is 14.7. The van der Waals surface area contributed by atoms with Crippen LogP contribution in [-0.4, -0.2) is 39.9 Å². The molecule has 3 rings (SSSR count). The standard InChI is InChI=1S/C18H20N4O4/c1-3-21-10-14-13(18(21)25)8-12(17(20-14)26-2)9-19-15(23)11-22-7-5-4-6-16(22)24/h4-8H,3,9-11H2,1-2H3,(H,19,23). The van der Waals surface area contributed by atoms with E-state index in [-0.39, 0.29) is 30.5 Å². The molecule has 2 amide bonds. The fourth-order valence-electron chi connectivity index (χ4n) is 2.86. The van der Waals surface area contributed by atoms with Gasteiger partial charge in [0.1, 0.15) is 6.54 Å². The van der Waals surface area contributed by atoms with Gasteiger partial charge in [-0.15, -0.1) is 0 Å². The van der Waals surface area contributed by atoms with Gasteiger partial charge in [0.2, 0.25) is 11.8 Å². The van der Waals surface area contributed by atoms with E-state index >= 15 is 0 Å².